The summed E-state index contributed by atoms with van der Waals surface area (Å²) in [5.74, 6) is -5.46. The van der Waals surface area contributed by atoms with Crippen molar-refractivity contribution in [3.8, 4) is 0 Å². The van der Waals surface area contributed by atoms with Crippen LogP contribution in [0.5, 0.6) is 0 Å². The van der Waals surface area contributed by atoms with Gasteiger partial charge in [-0.15, -0.1) is 0 Å². The molecule has 13 nitrogen and oxygen atoms in total. The average molecular weight is 483 g/mol. The van der Waals surface area contributed by atoms with Gasteiger partial charge in [0.1, 0.15) is 6.61 Å². The summed E-state index contributed by atoms with van der Waals surface area (Å²) in [6, 6.07) is 8.91. The molecule has 1 rings (SSSR count). The molecule has 0 radical (unpaired) electrons. The van der Waals surface area contributed by atoms with Gasteiger partial charge in [-0.3, -0.25) is 38.7 Å². The number of carbonyl (C=O) groups is 5. The average Bonchev–Trinajstić information content (AvgIpc) is 2.73. The fourth-order valence-electron chi connectivity index (χ4n) is 3.00. The van der Waals surface area contributed by atoms with Gasteiger partial charge in [0, 0.05) is 26.2 Å². The Hall–Kier alpha value is -3.55. The van der Waals surface area contributed by atoms with Gasteiger partial charge in [-0.25, -0.2) is 0 Å². The van der Waals surface area contributed by atoms with Gasteiger partial charge in [-0.05, 0) is 5.56 Å². The van der Waals surface area contributed by atoms with E-state index in [9.17, 15) is 24.0 Å². The van der Waals surface area contributed by atoms with Crippen LogP contribution in [0.25, 0.3) is 0 Å². The number of esters is 1. The molecule has 188 valence electrons. The Morgan fingerprint density at radius 2 is 0.971 bits per heavy atom. The van der Waals surface area contributed by atoms with Crippen LogP contribution in [0, 0.1) is 0 Å². The van der Waals surface area contributed by atoms with Crippen molar-refractivity contribution < 1.29 is 49.1 Å². The minimum Gasteiger partial charge on any atom is -0.480 e. The van der Waals surface area contributed by atoms with Crippen LogP contribution in [0.4, 0.5) is 0 Å². The fourth-order valence-corrected chi connectivity index (χ4v) is 3.00. The predicted octanol–water partition coefficient (Wildman–Crippen LogP) is -1.03. The maximum absolute atomic E-state index is 12.2. The molecular formula is C21H29N3O10. The lowest BCUT2D eigenvalue weighted by Gasteiger charge is -2.27. The van der Waals surface area contributed by atoms with Gasteiger partial charge in [-0.1, -0.05) is 30.3 Å². The molecule has 0 aliphatic heterocycles. The van der Waals surface area contributed by atoms with E-state index in [2.05, 4.69) is 0 Å². The number of nitrogens with zero attached hydrogens (tertiary/aromatic N) is 3. The van der Waals surface area contributed by atoms with Crippen LogP contribution in [0.15, 0.2) is 30.3 Å². The third-order valence-electron chi connectivity index (χ3n) is 4.50. The molecule has 1 aromatic rings. The van der Waals surface area contributed by atoms with Gasteiger partial charge in [0.15, 0.2) is 0 Å². The van der Waals surface area contributed by atoms with E-state index in [1.807, 2.05) is 6.07 Å². The molecule has 0 unspecified atom stereocenters. The van der Waals surface area contributed by atoms with Crippen molar-refractivity contribution >= 4 is 29.8 Å². The molecular weight excluding hydrogens is 454 g/mol. The largest absolute Gasteiger partial charge is 0.480 e. The third kappa shape index (κ3) is 13.8. The molecule has 4 N–H and O–H groups in total. The summed E-state index contributed by atoms with van der Waals surface area (Å²) in [5.41, 5.74) is 0.764. The predicted molar refractivity (Wildman–Crippen MR) is 116 cm³/mol. The molecule has 13 heteroatoms. The molecule has 0 aromatic heterocycles. The highest BCUT2D eigenvalue weighted by Crippen LogP contribution is 2.02. The molecule has 0 saturated carbocycles. The molecule has 0 aliphatic carbocycles. The lowest BCUT2D eigenvalue weighted by atomic mass is 10.2. The molecule has 0 amide bonds. The minimum atomic E-state index is -1.23. The molecule has 0 atom stereocenters. The zero-order chi connectivity index (χ0) is 25.5. The second kappa shape index (κ2) is 15.3. The van der Waals surface area contributed by atoms with E-state index in [0.717, 1.165) is 10.5 Å². The SMILES string of the molecule is O=C(O)CN(CCN(CC(=O)O)CC(=O)O)CCN(CC(=O)O)CC(=O)OCc1ccccc1. The van der Waals surface area contributed by atoms with Gasteiger partial charge >= 0.3 is 29.8 Å². The lowest BCUT2D eigenvalue weighted by Crippen LogP contribution is -2.45. The number of carboxylic acid groups (broad SMARTS) is 4. The lowest BCUT2D eigenvalue weighted by molar-refractivity contribution is -0.148. The van der Waals surface area contributed by atoms with Crippen molar-refractivity contribution in [3.05, 3.63) is 35.9 Å². The van der Waals surface area contributed by atoms with E-state index in [0.29, 0.717) is 0 Å². The summed E-state index contributed by atoms with van der Waals surface area (Å²) in [6.07, 6.45) is 0. The smallest absolute Gasteiger partial charge is 0.320 e. The second-order valence-corrected chi connectivity index (χ2v) is 7.42. The number of carboxylic acids is 4. The normalized spacial score (nSPS) is 11.0. The van der Waals surface area contributed by atoms with E-state index in [-0.39, 0.29) is 39.3 Å². The molecule has 0 heterocycles. The highest BCUT2D eigenvalue weighted by molar-refractivity contribution is 5.74. The van der Waals surface area contributed by atoms with Crippen molar-refractivity contribution in [2.75, 3.05) is 58.9 Å². The Morgan fingerprint density at radius 1 is 0.588 bits per heavy atom. The summed E-state index contributed by atoms with van der Waals surface area (Å²) in [6.45, 7) is -2.26. The Balaban J connectivity index is 2.68. The van der Waals surface area contributed by atoms with Crippen molar-refractivity contribution in [1.29, 1.82) is 0 Å². The monoisotopic (exact) mass is 483 g/mol. The standard InChI is InChI=1S/C21H29N3O10/c25-17(26)10-22(6-8-23(11-18(27)28)12-19(29)30)7-9-24(13-20(31)32)14-21(33)34-15-16-4-2-1-3-5-16/h1-5H,6-15H2,(H,25,26)(H,27,28)(H,29,30)(H,31,32). The van der Waals surface area contributed by atoms with E-state index in [1.54, 1.807) is 24.3 Å². The molecule has 34 heavy (non-hydrogen) atoms. The summed E-state index contributed by atoms with van der Waals surface area (Å²) in [4.78, 5) is 60.3. The van der Waals surface area contributed by atoms with Crippen LogP contribution >= 0.6 is 0 Å². The number of hydrogen-bond acceptors (Lipinski definition) is 9. The Bertz CT molecular complexity index is 817. The Labute approximate surface area is 195 Å². The van der Waals surface area contributed by atoms with Crippen LogP contribution < -0.4 is 0 Å². The van der Waals surface area contributed by atoms with Crippen LogP contribution in [0.1, 0.15) is 5.56 Å². The number of benzene rings is 1. The van der Waals surface area contributed by atoms with E-state index < -0.39 is 56.0 Å². The first-order valence-electron chi connectivity index (χ1n) is 10.3. The highest BCUT2D eigenvalue weighted by atomic mass is 16.5. The van der Waals surface area contributed by atoms with Gasteiger partial charge in [-0.2, -0.15) is 0 Å². The summed E-state index contributed by atoms with van der Waals surface area (Å²) in [7, 11) is 0. The number of hydrogen-bond donors (Lipinski definition) is 4. The van der Waals surface area contributed by atoms with Gasteiger partial charge in [0.05, 0.1) is 32.7 Å². The molecule has 1 aromatic carbocycles. The van der Waals surface area contributed by atoms with Crippen LogP contribution in [0.2, 0.25) is 0 Å². The van der Waals surface area contributed by atoms with Gasteiger partial charge < -0.3 is 25.2 Å². The zero-order valence-corrected chi connectivity index (χ0v) is 18.5. The topological polar surface area (TPSA) is 185 Å². The van der Waals surface area contributed by atoms with Crippen molar-refractivity contribution in [3.63, 3.8) is 0 Å². The second-order valence-electron chi connectivity index (χ2n) is 7.42. The first-order valence-corrected chi connectivity index (χ1v) is 10.3. The minimum absolute atomic E-state index is 0.0118. The van der Waals surface area contributed by atoms with Crippen LogP contribution in [-0.2, 0) is 35.3 Å². The van der Waals surface area contributed by atoms with Crippen LogP contribution in [-0.4, -0.2) is 124 Å². The van der Waals surface area contributed by atoms with Gasteiger partial charge in [0.2, 0.25) is 0 Å². The number of carbonyl (C=O) groups excluding carboxylic acids is 1. The maximum Gasteiger partial charge on any atom is 0.320 e. The Kier molecular flexibility index (Phi) is 12.8. The fraction of sp³-hybridized carbons (Fsp3) is 0.476. The molecule has 0 aliphatic rings. The summed E-state index contributed by atoms with van der Waals surface area (Å²) < 4.78 is 5.17. The zero-order valence-electron chi connectivity index (χ0n) is 18.5. The van der Waals surface area contributed by atoms with Crippen molar-refractivity contribution in [2.45, 2.75) is 6.61 Å². The third-order valence-corrected chi connectivity index (χ3v) is 4.50. The number of rotatable bonds is 18. The Morgan fingerprint density at radius 3 is 1.41 bits per heavy atom. The van der Waals surface area contributed by atoms with Gasteiger partial charge in [0.25, 0.3) is 0 Å². The molecule has 0 spiro atoms. The van der Waals surface area contributed by atoms with E-state index in [4.69, 9.17) is 25.2 Å². The van der Waals surface area contributed by atoms with Crippen molar-refractivity contribution in [2.24, 2.45) is 0 Å². The molecule has 0 bridgehead atoms. The summed E-state index contributed by atoms with van der Waals surface area (Å²) in [5, 5.41) is 36.1. The molecule has 0 saturated heterocycles. The van der Waals surface area contributed by atoms with Crippen LogP contribution in [0.3, 0.4) is 0 Å². The first-order chi connectivity index (χ1) is 16.0. The number of aliphatic carboxylic acids is 4. The quantitative estimate of drug-likeness (QED) is 0.186. The van der Waals surface area contributed by atoms with Crippen molar-refractivity contribution in [1.82, 2.24) is 14.7 Å². The maximum atomic E-state index is 12.2. The number of ether oxygens (including phenoxy) is 1. The van der Waals surface area contributed by atoms with E-state index >= 15 is 0 Å². The molecule has 0 fully saturated rings. The van der Waals surface area contributed by atoms with E-state index in [1.165, 1.54) is 9.80 Å². The highest BCUT2D eigenvalue weighted by Gasteiger charge is 2.20. The first kappa shape index (κ1) is 28.5. The summed E-state index contributed by atoms with van der Waals surface area (Å²) >= 11 is 0.